The highest BCUT2D eigenvalue weighted by molar-refractivity contribution is 9.10. The Labute approximate surface area is 152 Å². The van der Waals surface area contributed by atoms with E-state index in [1.165, 1.54) is 0 Å². The van der Waals surface area contributed by atoms with Crippen LogP contribution in [0.4, 0.5) is 4.79 Å². The topological polar surface area (TPSA) is 49.9 Å². The van der Waals surface area contributed by atoms with Crippen molar-refractivity contribution in [2.75, 3.05) is 19.6 Å². The van der Waals surface area contributed by atoms with Gasteiger partial charge in [-0.05, 0) is 52.3 Å². The Balaban J connectivity index is 2.03. The van der Waals surface area contributed by atoms with Gasteiger partial charge in [0.05, 0.1) is 0 Å². The van der Waals surface area contributed by atoms with Crippen LogP contribution in [0.2, 0.25) is 0 Å². The van der Waals surface area contributed by atoms with Gasteiger partial charge < -0.3 is 14.5 Å². The van der Waals surface area contributed by atoms with Crippen molar-refractivity contribution in [2.45, 2.75) is 46.3 Å². The number of carbonyl (C=O) groups excluding carboxylic acids is 2. The first-order chi connectivity index (χ1) is 11.1. The second-order valence-corrected chi connectivity index (χ2v) is 8.09. The highest BCUT2D eigenvalue weighted by atomic mass is 79.9. The van der Waals surface area contributed by atoms with Crippen molar-refractivity contribution in [3.05, 3.63) is 33.8 Å². The smallest absolute Gasteiger partial charge is 0.410 e. The van der Waals surface area contributed by atoms with Crippen LogP contribution < -0.4 is 0 Å². The molecule has 0 spiro atoms. The van der Waals surface area contributed by atoms with Gasteiger partial charge in [0, 0.05) is 35.7 Å². The number of amides is 2. The lowest BCUT2D eigenvalue weighted by atomic mass is 10.1. The number of hydrogen-bond donors (Lipinski definition) is 0. The maximum Gasteiger partial charge on any atom is 0.410 e. The molecule has 0 N–H and O–H groups in total. The van der Waals surface area contributed by atoms with Crippen molar-refractivity contribution in [3.63, 3.8) is 0 Å². The zero-order chi connectivity index (χ0) is 18.1. The fourth-order valence-corrected chi connectivity index (χ4v) is 3.02. The van der Waals surface area contributed by atoms with Gasteiger partial charge in [-0.2, -0.15) is 0 Å². The molecule has 6 heteroatoms. The molecule has 1 aromatic carbocycles. The Morgan fingerprint density at radius 3 is 2.46 bits per heavy atom. The Hall–Kier alpha value is -1.56. The summed E-state index contributed by atoms with van der Waals surface area (Å²) in [5.74, 6) is -0.00797. The van der Waals surface area contributed by atoms with Crippen molar-refractivity contribution in [1.29, 1.82) is 0 Å². The summed E-state index contributed by atoms with van der Waals surface area (Å²) in [6.45, 7) is 11.0. The summed E-state index contributed by atoms with van der Waals surface area (Å²) in [5.41, 5.74) is 1.23. The molecule has 132 valence electrons. The van der Waals surface area contributed by atoms with Gasteiger partial charge in [-0.3, -0.25) is 4.79 Å². The number of aryl methyl sites for hydroxylation is 1. The van der Waals surface area contributed by atoms with Crippen molar-refractivity contribution >= 4 is 27.9 Å². The first kappa shape index (κ1) is 18.8. The summed E-state index contributed by atoms with van der Waals surface area (Å²) in [5, 5.41) is 0. The number of rotatable bonds is 1. The number of benzene rings is 1. The summed E-state index contributed by atoms with van der Waals surface area (Å²) >= 11 is 3.47. The third-order valence-corrected chi connectivity index (χ3v) is 4.82. The minimum atomic E-state index is -0.516. The summed E-state index contributed by atoms with van der Waals surface area (Å²) in [6, 6.07) is 5.54. The van der Waals surface area contributed by atoms with Crippen molar-refractivity contribution in [3.8, 4) is 0 Å². The molecule has 2 rings (SSSR count). The molecule has 1 atom stereocenters. The largest absolute Gasteiger partial charge is 0.444 e. The minimum absolute atomic E-state index is 0.00797. The van der Waals surface area contributed by atoms with Crippen molar-refractivity contribution < 1.29 is 14.3 Å². The normalized spacial score (nSPS) is 18.5. The third kappa shape index (κ3) is 4.50. The van der Waals surface area contributed by atoms with E-state index in [4.69, 9.17) is 4.74 Å². The second kappa shape index (κ2) is 7.13. The molecular weight excluding hydrogens is 372 g/mol. The van der Waals surface area contributed by atoms with Crippen molar-refractivity contribution in [1.82, 2.24) is 9.80 Å². The molecule has 1 heterocycles. The van der Waals surface area contributed by atoms with Crippen LogP contribution in [-0.2, 0) is 4.74 Å². The van der Waals surface area contributed by atoms with Gasteiger partial charge in [-0.1, -0.05) is 22.0 Å². The Kier molecular flexibility index (Phi) is 5.58. The van der Waals surface area contributed by atoms with E-state index in [-0.39, 0.29) is 18.0 Å². The number of nitrogens with zero attached hydrogens (tertiary/aromatic N) is 2. The molecule has 24 heavy (non-hydrogen) atoms. The van der Waals surface area contributed by atoms with E-state index in [1.807, 2.05) is 52.8 Å². The van der Waals surface area contributed by atoms with Gasteiger partial charge in [0.15, 0.2) is 0 Å². The number of ether oxygens (including phenoxy) is 1. The fraction of sp³-hybridized carbons (Fsp3) is 0.556. The SMILES string of the molecule is Cc1ccc(C(=O)N2CCN(C(=O)OC(C)(C)C)[C@H](C)C2)cc1Br. The standard InChI is InChI=1S/C18H25BrN2O3/c1-12-6-7-14(10-15(12)19)16(22)20-8-9-21(13(2)11-20)17(23)24-18(3,4)5/h6-7,10,13H,8-9,11H2,1-5H3/t13-/m1/s1. The van der Waals surface area contributed by atoms with Crippen LogP contribution in [0, 0.1) is 6.92 Å². The number of carbonyl (C=O) groups is 2. The molecule has 0 saturated carbocycles. The van der Waals surface area contributed by atoms with E-state index in [0.717, 1.165) is 10.0 Å². The van der Waals surface area contributed by atoms with Gasteiger partial charge in [-0.15, -0.1) is 0 Å². The van der Waals surface area contributed by atoms with Gasteiger partial charge in [0.2, 0.25) is 0 Å². The zero-order valence-corrected chi connectivity index (χ0v) is 16.5. The van der Waals surface area contributed by atoms with Crippen LogP contribution in [0.15, 0.2) is 22.7 Å². The predicted molar refractivity (Wildman–Crippen MR) is 97.2 cm³/mol. The number of hydrogen-bond acceptors (Lipinski definition) is 3. The molecule has 0 bridgehead atoms. The Bertz CT molecular complexity index is 640. The lowest BCUT2D eigenvalue weighted by Gasteiger charge is -2.40. The quantitative estimate of drug-likeness (QED) is 0.724. The van der Waals surface area contributed by atoms with E-state index in [2.05, 4.69) is 15.9 Å². The average molecular weight is 397 g/mol. The molecule has 1 fully saturated rings. The maximum atomic E-state index is 12.7. The molecule has 5 nitrogen and oxygen atoms in total. The molecule has 1 aliphatic rings. The predicted octanol–water partition coefficient (Wildman–Crippen LogP) is 3.84. The molecule has 1 saturated heterocycles. The average Bonchev–Trinajstić information content (AvgIpc) is 2.47. The molecule has 1 aromatic rings. The van der Waals surface area contributed by atoms with Crippen LogP contribution in [0.5, 0.6) is 0 Å². The lowest BCUT2D eigenvalue weighted by molar-refractivity contribution is 0.00198. The monoisotopic (exact) mass is 396 g/mol. The van der Waals surface area contributed by atoms with Crippen molar-refractivity contribution in [2.24, 2.45) is 0 Å². The van der Waals surface area contributed by atoms with Gasteiger partial charge in [0.25, 0.3) is 5.91 Å². The molecule has 0 unspecified atom stereocenters. The van der Waals surface area contributed by atoms with Crippen LogP contribution in [-0.4, -0.2) is 53.1 Å². The van der Waals surface area contributed by atoms with Crippen LogP contribution in [0.25, 0.3) is 0 Å². The third-order valence-electron chi connectivity index (χ3n) is 3.96. The highest BCUT2D eigenvalue weighted by Crippen LogP contribution is 2.21. The Morgan fingerprint density at radius 2 is 1.92 bits per heavy atom. The van der Waals surface area contributed by atoms with E-state index < -0.39 is 5.60 Å². The highest BCUT2D eigenvalue weighted by Gasteiger charge is 2.32. The summed E-state index contributed by atoms with van der Waals surface area (Å²) in [6.07, 6.45) is -0.319. The van der Waals surface area contributed by atoms with E-state index >= 15 is 0 Å². The van der Waals surface area contributed by atoms with Gasteiger partial charge >= 0.3 is 6.09 Å². The fourth-order valence-electron chi connectivity index (χ4n) is 2.64. The second-order valence-electron chi connectivity index (χ2n) is 7.24. The maximum absolute atomic E-state index is 12.7. The van der Waals surface area contributed by atoms with E-state index in [1.54, 1.807) is 9.80 Å². The Morgan fingerprint density at radius 1 is 1.25 bits per heavy atom. The molecule has 0 radical (unpaired) electrons. The van der Waals surface area contributed by atoms with Crippen LogP contribution >= 0.6 is 15.9 Å². The molecule has 0 aliphatic carbocycles. The van der Waals surface area contributed by atoms with Gasteiger partial charge in [0.1, 0.15) is 5.60 Å². The van der Waals surface area contributed by atoms with E-state index in [0.29, 0.717) is 25.2 Å². The molecule has 2 amide bonds. The first-order valence-corrected chi connectivity index (χ1v) is 8.93. The minimum Gasteiger partial charge on any atom is -0.444 e. The summed E-state index contributed by atoms with van der Waals surface area (Å²) in [4.78, 5) is 28.4. The van der Waals surface area contributed by atoms with Gasteiger partial charge in [-0.25, -0.2) is 4.79 Å². The first-order valence-electron chi connectivity index (χ1n) is 8.13. The zero-order valence-electron chi connectivity index (χ0n) is 14.9. The van der Waals surface area contributed by atoms with Crippen LogP contribution in [0.3, 0.4) is 0 Å². The summed E-state index contributed by atoms with van der Waals surface area (Å²) in [7, 11) is 0. The van der Waals surface area contributed by atoms with Crippen LogP contribution in [0.1, 0.15) is 43.6 Å². The molecular formula is C18H25BrN2O3. The molecule has 0 aromatic heterocycles. The van der Waals surface area contributed by atoms with E-state index in [9.17, 15) is 9.59 Å². The number of halogens is 1. The summed E-state index contributed by atoms with van der Waals surface area (Å²) < 4.78 is 6.36. The lowest BCUT2D eigenvalue weighted by Crippen LogP contribution is -2.56. The number of piperazine rings is 1. The molecule has 1 aliphatic heterocycles.